The van der Waals surface area contributed by atoms with Crippen molar-refractivity contribution in [2.75, 3.05) is 7.05 Å². The second-order valence-electron chi connectivity index (χ2n) is 5.92. The highest BCUT2D eigenvalue weighted by atomic mass is 79.9. The van der Waals surface area contributed by atoms with Crippen LogP contribution in [0.3, 0.4) is 0 Å². The smallest absolute Gasteiger partial charge is 0.253 e. The minimum atomic E-state index is 0.0353. The molecule has 4 heteroatoms. The Bertz CT molecular complexity index is 865. The lowest BCUT2D eigenvalue weighted by molar-refractivity contribution is 0.0785. The van der Waals surface area contributed by atoms with Crippen LogP contribution in [0.25, 0.3) is 10.9 Å². The fraction of sp³-hybridized carbons (Fsp3) is 0.211. The Morgan fingerprint density at radius 2 is 1.83 bits per heavy atom. The van der Waals surface area contributed by atoms with Crippen LogP contribution in [-0.4, -0.2) is 22.8 Å². The van der Waals surface area contributed by atoms with Crippen LogP contribution >= 0.6 is 15.9 Å². The minimum Gasteiger partial charge on any atom is -0.358 e. The van der Waals surface area contributed by atoms with Gasteiger partial charge in [0, 0.05) is 40.2 Å². The Kier molecular flexibility index (Phi) is 4.26. The normalized spacial score (nSPS) is 11.0. The summed E-state index contributed by atoms with van der Waals surface area (Å²) in [6.07, 6.45) is 0. The van der Waals surface area contributed by atoms with Gasteiger partial charge < -0.3 is 9.88 Å². The van der Waals surface area contributed by atoms with Crippen LogP contribution in [0, 0.1) is 13.8 Å². The molecule has 2 aromatic carbocycles. The lowest BCUT2D eigenvalue weighted by Crippen LogP contribution is -2.26. The molecule has 0 aliphatic rings. The van der Waals surface area contributed by atoms with Crippen molar-refractivity contribution in [3.05, 3.63) is 69.3 Å². The number of nitrogens with zero attached hydrogens (tertiary/aromatic N) is 1. The van der Waals surface area contributed by atoms with Crippen LogP contribution in [0.15, 0.2) is 46.9 Å². The molecule has 0 bridgehead atoms. The molecule has 1 heterocycles. The van der Waals surface area contributed by atoms with Crippen molar-refractivity contribution < 1.29 is 4.79 Å². The average molecular weight is 371 g/mol. The molecule has 0 saturated heterocycles. The van der Waals surface area contributed by atoms with E-state index in [0.717, 1.165) is 32.2 Å². The van der Waals surface area contributed by atoms with Gasteiger partial charge in [0.05, 0.1) is 0 Å². The number of aromatic nitrogens is 1. The number of fused-ring (bicyclic) bond motifs is 1. The van der Waals surface area contributed by atoms with E-state index >= 15 is 0 Å². The van der Waals surface area contributed by atoms with Crippen molar-refractivity contribution in [1.82, 2.24) is 9.88 Å². The molecule has 0 aliphatic carbocycles. The Morgan fingerprint density at radius 3 is 2.52 bits per heavy atom. The number of aryl methyl sites for hydroxylation is 2. The Balaban J connectivity index is 1.84. The molecule has 1 amide bonds. The van der Waals surface area contributed by atoms with Gasteiger partial charge in [-0.2, -0.15) is 0 Å². The number of carbonyl (C=O) groups excluding carboxylic acids is 1. The number of nitrogens with one attached hydrogen (secondary N) is 1. The van der Waals surface area contributed by atoms with Gasteiger partial charge in [-0.1, -0.05) is 28.1 Å². The number of amides is 1. The lowest BCUT2D eigenvalue weighted by Gasteiger charge is -2.17. The minimum absolute atomic E-state index is 0.0353. The maximum absolute atomic E-state index is 12.7. The van der Waals surface area contributed by atoms with Gasteiger partial charge in [0.2, 0.25) is 0 Å². The summed E-state index contributed by atoms with van der Waals surface area (Å²) in [5.74, 6) is 0.0353. The maximum atomic E-state index is 12.7. The van der Waals surface area contributed by atoms with Gasteiger partial charge in [-0.25, -0.2) is 0 Å². The number of halogens is 1. The van der Waals surface area contributed by atoms with Crippen molar-refractivity contribution in [2.24, 2.45) is 0 Å². The van der Waals surface area contributed by atoms with Crippen LogP contribution in [0.1, 0.15) is 27.2 Å². The van der Waals surface area contributed by atoms with Crippen LogP contribution in [0.2, 0.25) is 0 Å². The molecule has 3 aromatic rings. The van der Waals surface area contributed by atoms with E-state index in [1.165, 1.54) is 5.56 Å². The topological polar surface area (TPSA) is 36.1 Å². The third-order valence-electron chi connectivity index (χ3n) is 4.23. The van der Waals surface area contributed by atoms with Crippen molar-refractivity contribution >= 4 is 32.7 Å². The summed E-state index contributed by atoms with van der Waals surface area (Å²) >= 11 is 3.43. The summed E-state index contributed by atoms with van der Waals surface area (Å²) in [6, 6.07) is 13.9. The number of hydrogen-bond donors (Lipinski definition) is 1. The molecule has 1 N–H and O–H groups in total. The number of H-pyrrole nitrogens is 1. The number of carbonyl (C=O) groups is 1. The second-order valence-corrected chi connectivity index (χ2v) is 6.84. The molecule has 23 heavy (non-hydrogen) atoms. The van der Waals surface area contributed by atoms with E-state index in [0.29, 0.717) is 6.54 Å². The van der Waals surface area contributed by atoms with E-state index in [-0.39, 0.29) is 5.91 Å². The predicted molar refractivity (Wildman–Crippen MR) is 97.7 cm³/mol. The van der Waals surface area contributed by atoms with Gasteiger partial charge in [0.15, 0.2) is 0 Å². The van der Waals surface area contributed by atoms with Gasteiger partial charge >= 0.3 is 0 Å². The van der Waals surface area contributed by atoms with Crippen LogP contribution in [0.4, 0.5) is 0 Å². The first-order chi connectivity index (χ1) is 11.0. The van der Waals surface area contributed by atoms with E-state index in [2.05, 4.69) is 34.8 Å². The fourth-order valence-corrected chi connectivity index (χ4v) is 3.01. The molecule has 0 fully saturated rings. The van der Waals surface area contributed by atoms with Crippen LogP contribution < -0.4 is 0 Å². The number of aromatic amines is 1. The largest absolute Gasteiger partial charge is 0.358 e. The van der Waals surface area contributed by atoms with Gasteiger partial charge in [0.1, 0.15) is 0 Å². The molecule has 0 saturated carbocycles. The molecule has 118 valence electrons. The molecular formula is C19H19BrN2O. The Morgan fingerprint density at radius 1 is 1.13 bits per heavy atom. The molecular weight excluding hydrogens is 352 g/mol. The van der Waals surface area contributed by atoms with Gasteiger partial charge in [-0.15, -0.1) is 0 Å². The molecule has 3 rings (SSSR count). The van der Waals surface area contributed by atoms with E-state index in [4.69, 9.17) is 0 Å². The first-order valence-electron chi connectivity index (χ1n) is 7.54. The number of benzene rings is 2. The average Bonchev–Trinajstić information content (AvgIpc) is 2.83. The molecule has 0 unspecified atom stereocenters. The quantitative estimate of drug-likeness (QED) is 0.704. The third kappa shape index (κ3) is 3.17. The van der Waals surface area contributed by atoms with E-state index in [1.807, 2.05) is 49.5 Å². The Labute approximate surface area is 144 Å². The first-order valence-corrected chi connectivity index (χ1v) is 8.34. The highest BCUT2D eigenvalue weighted by Crippen LogP contribution is 2.23. The zero-order valence-corrected chi connectivity index (χ0v) is 15.1. The van der Waals surface area contributed by atoms with Gasteiger partial charge in [0.25, 0.3) is 5.91 Å². The van der Waals surface area contributed by atoms with Crippen molar-refractivity contribution in [1.29, 1.82) is 0 Å². The summed E-state index contributed by atoms with van der Waals surface area (Å²) in [7, 11) is 1.84. The van der Waals surface area contributed by atoms with Crippen LogP contribution in [0.5, 0.6) is 0 Å². The molecule has 0 radical (unpaired) electrons. The fourth-order valence-electron chi connectivity index (χ4n) is 2.75. The van der Waals surface area contributed by atoms with E-state index in [9.17, 15) is 4.79 Å². The number of rotatable bonds is 3. The summed E-state index contributed by atoms with van der Waals surface area (Å²) in [6.45, 7) is 4.72. The van der Waals surface area contributed by atoms with Gasteiger partial charge in [-0.3, -0.25) is 4.79 Å². The zero-order chi connectivity index (χ0) is 16.6. The van der Waals surface area contributed by atoms with Crippen molar-refractivity contribution in [3.8, 4) is 0 Å². The monoisotopic (exact) mass is 370 g/mol. The zero-order valence-electron chi connectivity index (χ0n) is 13.5. The number of hydrogen-bond acceptors (Lipinski definition) is 1. The van der Waals surface area contributed by atoms with Gasteiger partial charge in [-0.05, 0) is 55.3 Å². The standard InChI is InChI=1S/C19H19BrN2O/c1-12-13(2)21-18-9-6-15(10-17(12)18)19(23)22(3)11-14-4-7-16(20)8-5-14/h4-10,21H,11H2,1-3H3. The molecule has 3 nitrogen and oxygen atoms in total. The van der Waals surface area contributed by atoms with E-state index in [1.54, 1.807) is 4.90 Å². The highest BCUT2D eigenvalue weighted by molar-refractivity contribution is 9.10. The lowest BCUT2D eigenvalue weighted by atomic mass is 10.1. The Hall–Kier alpha value is -2.07. The van der Waals surface area contributed by atoms with E-state index < -0.39 is 0 Å². The predicted octanol–water partition coefficient (Wildman–Crippen LogP) is 4.82. The highest BCUT2D eigenvalue weighted by Gasteiger charge is 2.14. The van der Waals surface area contributed by atoms with Crippen LogP contribution in [-0.2, 0) is 6.54 Å². The molecule has 1 aromatic heterocycles. The molecule has 0 atom stereocenters. The molecule has 0 aliphatic heterocycles. The SMILES string of the molecule is Cc1[nH]c2ccc(C(=O)N(C)Cc3ccc(Br)cc3)cc2c1C. The van der Waals surface area contributed by atoms with Crippen molar-refractivity contribution in [2.45, 2.75) is 20.4 Å². The summed E-state index contributed by atoms with van der Waals surface area (Å²) in [5, 5.41) is 1.12. The maximum Gasteiger partial charge on any atom is 0.253 e. The van der Waals surface area contributed by atoms with Crippen molar-refractivity contribution in [3.63, 3.8) is 0 Å². The first kappa shape index (κ1) is 15.8. The summed E-state index contributed by atoms with van der Waals surface area (Å²) < 4.78 is 1.04. The molecule has 0 spiro atoms. The summed E-state index contributed by atoms with van der Waals surface area (Å²) in [5.41, 5.74) is 5.25. The second kappa shape index (κ2) is 6.20. The third-order valence-corrected chi connectivity index (χ3v) is 4.76. The summed E-state index contributed by atoms with van der Waals surface area (Å²) in [4.78, 5) is 17.8.